The standard InChI is InChI=1S/C12H18N2O4S/c1-14(8-10-3-2-6-18-9-10)19(16,17)11-4-5-12(15)13-7-11/h4-5,7,10H,2-3,6,8-9H2,1H3,(H,13,15). The van der Waals surface area contributed by atoms with Crippen LogP contribution >= 0.6 is 0 Å². The molecule has 106 valence electrons. The molecule has 1 aromatic heterocycles. The predicted molar refractivity (Wildman–Crippen MR) is 70.4 cm³/mol. The summed E-state index contributed by atoms with van der Waals surface area (Å²) < 4.78 is 31.2. The minimum atomic E-state index is -3.55. The van der Waals surface area contributed by atoms with Gasteiger partial charge in [-0.2, -0.15) is 0 Å². The van der Waals surface area contributed by atoms with Gasteiger partial charge in [0.25, 0.3) is 0 Å². The summed E-state index contributed by atoms with van der Waals surface area (Å²) in [6, 6.07) is 2.53. The highest BCUT2D eigenvalue weighted by atomic mass is 32.2. The number of sulfonamides is 1. The van der Waals surface area contributed by atoms with Crippen molar-refractivity contribution in [3.63, 3.8) is 0 Å². The van der Waals surface area contributed by atoms with Crippen LogP contribution in [-0.4, -0.2) is 44.5 Å². The van der Waals surface area contributed by atoms with Gasteiger partial charge in [-0.05, 0) is 24.8 Å². The Morgan fingerprint density at radius 3 is 2.84 bits per heavy atom. The van der Waals surface area contributed by atoms with Crippen molar-refractivity contribution in [2.24, 2.45) is 5.92 Å². The minimum absolute atomic E-state index is 0.103. The average Bonchev–Trinajstić information content (AvgIpc) is 2.40. The van der Waals surface area contributed by atoms with Crippen molar-refractivity contribution in [1.29, 1.82) is 0 Å². The number of aromatic amines is 1. The molecule has 1 aliphatic heterocycles. The van der Waals surface area contributed by atoms with E-state index in [2.05, 4.69) is 4.98 Å². The summed E-state index contributed by atoms with van der Waals surface area (Å²) in [5.41, 5.74) is -0.317. The molecule has 1 unspecified atom stereocenters. The van der Waals surface area contributed by atoms with E-state index in [9.17, 15) is 13.2 Å². The first-order valence-corrected chi connectivity index (χ1v) is 7.67. The van der Waals surface area contributed by atoms with E-state index in [1.165, 1.54) is 22.6 Å². The molecule has 0 bridgehead atoms. The van der Waals surface area contributed by atoms with Gasteiger partial charge >= 0.3 is 0 Å². The molecule has 0 saturated carbocycles. The normalized spacial score (nSPS) is 20.6. The van der Waals surface area contributed by atoms with Crippen LogP contribution in [0.3, 0.4) is 0 Å². The third-order valence-corrected chi connectivity index (χ3v) is 5.05. The molecule has 1 saturated heterocycles. The van der Waals surface area contributed by atoms with Crippen LogP contribution in [0.2, 0.25) is 0 Å². The van der Waals surface area contributed by atoms with Crippen molar-refractivity contribution in [1.82, 2.24) is 9.29 Å². The van der Waals surface area contributed by atoms with Crippen molar-refractivity contribution >= 4 is 10.0 Å². The van der Waals surface area contributed by atoms with Gasteiger partial charge in [-0.25, -0.2) is 12.7 Å². The van der Waals surface area contributed by atoms with Crippen LogP contribution in [0.25, 0.3) is 0 Å². The van der Waals surface area contributed by atoms with Crippen LogP contribution in [0.15, 0.2) is 28.0 Å². The molecule has 2 heterocycles. The van der Waals surface area contributed by atoms with Gasteiger partial charge in [0.1, 0.15) is 0 Å². The predicted octanol–water partition coefficient (Wildman–Crippen LogP) is 0.422. The number of aromatic nitrogens is 1. The summed E-state index contributed by atoms with van der Waals surface area (Å²) >= 11 is 0. The highest BCUT2D eigenvalue weighted by Gasteiger charge is 2.25. The van der Waals surface area contributed by atoms with E-state index in [1.807, 2.05) is 0 Å². The maximum Gasteiger partial charge on any atom is 0.247 e. The van der Waals surface area contributed by atoms with E-state index in [1.54, 1.807) is 7.05 Å². The number of ether oxygens (including phenoxy) is 1. The molecular formula is C12H18N2O4S. The molecule has 7 heteroatoms. The van der Waals surface area contributed by atoms with Gasteiger partial charge in [0.2, 0.25) is 15.6 Å². The fourth-order valence-electron chi connectivity index (χ4n) is 2.15. The lowest BCUT2D eigenvalue weighted by molar-refractivity contribution is 0.0495. The maximum atomic E-state index is 12.3. The number of hydrogen-bond donors (Lipinski definition) is 1. The second-order valence-electron chi connectivity index (χ2n) is 4.76. The first kappa shape index (κ1) is 14.2. The van der Waals surface area contributed by atoms with E-state index in [-0.39, 0.29) is 16.4 Å². The second-order valence-corrected chi connectivity index (χ2v) is 6.80. The van der Waals surface area contributed by atoms with Crippen molar-refractivity contribution in [3.05, 3.63) is 28.7 Å². The molecule has 1 N–H and O–H groups in total. The Kier molecular flexibility index (Phi) is 4.38. The average molecular weight is 286 g/mol. The van der Waals surface area contributed by atoms with Gasteiger partial charge in [-0.3, -0.25) is 4.79 Å². The summed E-state index contributed by atoms with van der Waals surface area (Å²) in [4.78, 5) is 13.4. The number of H-pyrrole nitrogens is 1. The van der Waals surface area contributed by atoms with Gasteiger partial charge in [-0.15, -0.1) is 0 Å². The molecule has 19 heavy (non-hydrogen) atoms. The third kappa shape index (κ3) is 3.43. The Morgan fingerprint density at radius 1 is 1.47 bits per heavy atom. The molecule has 1 aromatic rings. The molecule has 1 aliphatic rings. The summed E-state index contributed by atoms with van der Waals surface area (Å²) in [5.74, 6) is 0.233. The van der Waals surface area contributed by atoms with Crippen molar-refractivity contribution in [2.45, 2.75) is 17.7 Å². The summed E-state index contributed by atoms with van der Waals surface area (Å²) in [6.45, 7) is 1.79. The lowest BCUT2D eigenvalue weighted by Crippen LogP contribution is -2.35. The molecule has 0 spiro atoms. The quantitative estimate of drug-likeness (QED) is 0.870. The van der Waals surface area contributed by atoms with Gasteiger partial charge in [-0.1, -0.05) is 0 Å². The van der Waals surface area contributed by atoms with Crippen LogP contribution < -0.4 is 5.56 Å². The lowest BCUT2D eigenvalue weighted by Gasteiger charge is -2.26. The molecule has 0 amide bonds. The number of nitrogens with one attached hydrogen (secondary N) is 1. The second kappa shape index (κ2) is 5.85. The van der Waals surface area contributed by atoms with E-state index in [0.717, 1.165) is 19.4 Å². The minimum Gasteiger partial charge on any atom is -0.381 e. The Labute approximate surface area is 112 Å². The van der Waals surface area contributed by atoms with E-state index in [0.29, 0.717) is 13.2 Å². The van der Waals surface area contributed by atoms with Crippen LogP contribution in [0.5, 0.6) is 0 Å². The molecule has 0 aromatic carbocycles. The Balaban J connectivity index is 2.09. The number of nitrogens with zero attached hydrogens (tertiary/aromatic N) is 1. The Morgan fingerprint density at radius 2 is 2.26 bits per heavy atom. The number of rotatable bonds is 4. The fourth-order valence-corrected chi connectivity index (χ4v) is 3.36. The molecule has 0 aliphatic carbocycles. The molecule has 2 rings (SSSR count). The van der Waals surface area contributed by atoms with E-state index >= 15 is 0 Å². The van der Waals surface area contributed by atoms with Gasteiger partial charge in [0.05, 0.1) is 11.5 Å². The highest BCUT2D eigenvalue weighted by Crippen LogP contribution is 2.18. The summed E-state index contributed by atoms with van der Waals surface area (Å²) in [6.07, 6.45) is 3.17. The van der Waals surface area contributed by atoms with Crippen LogP contribution in [0.4, 0.5) is 0 Å². The maximum absolute atomic E-state index is 12.3. The zero-order valence-corrected chi connectivity index (χ0v) is 11.6. The fraction of sp³-hybridized carbons (Fsp3) is 0.583. The Bertz CT molecular complexity index is 555. The zero-order valence-electron chi connectivity index (χ0n) is 10.8. The van der Waals surface area contributed by atoms with Crippen molar-refractivity contribution in [2.75, 3.05) is 26.8 Å². The highest BCUT2D eigenvalue weighted by molar-refractivity contribution is 7.89. The number of pyridine rings is 1. The first-order chi connectivity index (χ1) is 9.00. The van der Waals surface area contributed by atoms with Crippen LogP contribution in [0.1, 0.15) is 12.8 Å². The summed E-state index contributed by atoms with van der Waals surface area (Å²) in [7, 11) is -2.00. The smallest absolute Gasteiger partial charge is 0.247 e. The van der Waals surface area contributed by atoms with Crippen molar-refractivity contribution < 1.29 is 13.2 Å². The molecule has 1 atom stereocenters. The SMILES string of the molecule is CN(CC1CCCOC1)S(=O)(=O)c1ccc(=O)[nH]c1. The largest absolute Gasteiger partial charge is 0.381 e. The van der Waals surface area contributed by atoms with Gasteiger partial charge < -0.3 is 9.72 Å². The third-order valence-electron chi connectivity index (χ3n) is 3.23. The first-order valence-electron chi connectivity index (χ1n) is 6.23. The van der Waals surface area contributed by atoms with Crippen LogP contribution in [-0.2, 0) is 14.8 Å². The monoisotopic (exact) mass is 286 g/mol. The van der Waals surface area contributed by atoms with Gasteiger partial charge in [0.15, 0.2) is 0 Å². The number of hydrogen-bond acceptors (Lipinski definition) is 4. The van der Waals surface area contributed by atoms with E-state index < -0.39 is 10.0 Å². The van der Waals surface area contributed by atoms with Gasteiger partial charge in [0, 0.05) is 32.5 Å². The summed E-state index contributed by atoms with van der Waals surface area (Å²) in [5, 5.41) is 0. The molecule has 1 fully saturated rings. The molecule has 6 nitrogen and oxygen atoms in total. The van der Waals surface area contributed by atoms with Crippen LogP contribution in [0, 0.1) is 5.92 Å². The lowest BCUT2D eigenvalue weighted by atomic mass is 10.0. The van der Waals surface area contributed by atoms with E-state index in [4.69, 9.17) is 4.74 Å². The topological polar surface area (TPSA) is 79.5 Å². The molecule has 0 radical (unpaired) electrons. The zero-order chi connectivity index (χ0) is 13.9. The Hall–Kier alpha value is -1.18. The van der Waals surface area contributed by atoms with Crippen molar-refractivity contribution in [3.8, 4) is 0 Å². The molecular weight excluding hydrogens is 268 g/mol.